The number of rotatable bonds is 5. The predicted octanol–water partition coefficient (Wildman–Crippen LogP) is 4.34. The highest BCUT2D eigenvalue weighted by atomic mass is 16.5. The van der Waals surface area contributed by atoms with Crippen molar-refractivity contribution >= 4 is 22.3 Å². The molecule has 0 unspecified atom stereocenters. The molecular formula is C22H21NO5. The van der Waals surface area contributed by atoms with E-state index in [2.05, 4.69) is 4.98 Å². The number of aliphatic hydroxyl groups excluding tert-OH is 1. The van der Waals surface area contributed by atoms with E-state index in [1.807, 2.05) is 0 Å². The molecule has 0 amide bonds. The fourth-order valence-corrected chi connectivity index (χ4v) is 2.95. The fourth-order valence-electron chi connectivity index (χ4n) is 2.95. The molecule has 1 aromatic carbocycles. The van der Waals surface area contributed by atoms with E-state index in [1.165, 1.54) is 0 Å². The number of hydrogen-bond donors (Lipinski definition) is 1. The third kappa shape index (κ3) is 3.53. The molecule has 0 bridgehead atoms. The normalized spacial score (nSPS) is 12.1. The smallest absolute Gasteiger partial charge is 0.344 e. The Balaban J connectivity index is 2.49. The second-order valence-electron chi connectivity index (χ2n) is 6.49. The molecule has 0 aliphatic heterocycles. The molecule has 0 atom stereocenters. The molecule has 0 aliphatic rings. The van der Waals surface area contributed by atoms with E-state index in [1.54, 1.807) is 69.4 Å². The maximum Gasteiger partial charge on any atom is 0.344 e. The third-order valence-corrected chi connectivity index (χ3v) is 4.27. The first-order valence-electron chi connectivity index (χ1n) is 9.03. The predicted molar refractivity (Wildman–Crippen MR) is 107 cm³/mol. The second-order valence-corrected chi connectivity index (χ2v) is 6.49. The molecule has 144 valence electrons. The number of carbonyl (C=O) groups excluding carboxylic acids is 1. The number of ether oxygens (including phenoxy) is 1. The summed E-state index contributed by atoms with van der Waals surface area (Å²) in [6.07, 6.45) is 1.56. The Hall–Kier alpha value is -3.41. The summed E-state index contributed by atoms with van der Waals surface area (Å²) < 4.78 is 10.8. The van der Waals surface area contributed by atoms with Crippen molar-refractivity contribution in [3.8, 4) is 11.5 Å². The lowest BCUT2D eigenvalue weighted by Crippen LogP contribution is -2.15. The van der Waals surface area contributed by atoms with E-state index in [-0.39, 0.29) is 29.6 Å². The first-order chi connectivity index (χ1) is 13.5. The van der Waals surface area contributed by atoms with Gasteiger partial charge in [0, 0.05) is 23.1 Å². The van der Waals surface area contributed by atoms with Crippen LogP contribution in [0.4, 0.5) is 0 Å². The van der Waals surface area contributed by atoms with Crippen LogP contribution < -0.4 is 5.63 Å². The molecule has 0 fully saturated rings. The lowest BCUT2D eigenvalue weighted by Gasteiger charge is -2.17. The maximum atomic E-state index is 12.8. The Morgan fingerprint density at radius 2 is 1.82 bits per heavy atom. The van der Waals surface area contributed by atoms with Crippen molar-refractivity contribution in [2.24, 2.45) is 5.92 Å². The molecule has 6 nitrogen and oxygen atoms in total. The number of nitrogens with zero attached hydrogens (tertiary/aromatic N) is 1. The third-order valence-electron chi connectivity index (χ3n) is 4.27. The number of fused-ring (bicyclic) bond motifs is 1. The van der Waals surface area contributed by atoms with Gasteiger partial charge in [0.1, 0.15) is 17.0 Å². The van der Waals surface area contributed by atoms with Gasteiger partial charge in [-0.1, -0.05) is 38.1 Å². The minimum atomic E-state index is -0.690. The number of esters is 1. The highest BCUT2D eigenvalue weighted by Crippen LogP contribution is 2.36. The minimum Gasteiger partial charge on any atom is -0.511 e. The van der Waals surface area contributed by atoms with Gasteiger partial charge in [-0.05, 0) is 25.1 Å². The first-order valence-corrected chi connectivity index (χ1v) is 9.03. The topological polar surface area (TPSA) is 89.6 Å². The summed E-state index contributed by atoms with van der Waals surface area (Å²) in [5.74, 6) is -1.07. The van der Waals surface area contributed by atoms with Gasteiger partial charge in [-0.15, -0.1) is 0 Å². The number of pyridine rings is 1. The number of carbonyl (C=O) groups is 1. The van der Waals surface area contributed by atoms with Crippen molar-refractivity contribution in [2.75, 3.05) is 6.61 Å². The Morgan fingerprint density at radius 3 is 2.43 bits per heavy atom. The number of aliphatic hydroxyl groups is 1. The monoisotopic (exact) mass is 379 g/mol. The van der Waals surface area contributed by atoms with Crippen molar-refractivity contribution in [1.82, 2.24) is 4.98 Å². The van der Waals surface area contributed by atoms with Crippen molar-refractivity contribution < 1.29 is 19.1 Å². The second kappa shape index (κ2) is 8.08. The van der Waals surface area contributed by atoms with E-state index in [9.17, 15) is 14.7 Å². The lowest BCUT2D eigenvalue weighted by molar-refractivity contribution is -0.136. The van der Waals surface area contributed by atoms with Crippen molar-refractivity contribution in [3.63, 3.8) is 0 Å². The van der Waals surface area contributed by atoms with E-state index < -0.39 is 11.6 Å². The molecule has 0 radical (unpaired) electrons. The fraction of sp³-hybridized carbons (Fsp3) is 0.227. The standard InChI is InChI=1S/C22H21NO5/c1-4-27-22(26)18(19(24)13(2)3)17-14-9-5-6-10-15(14)21(25)28-20(17)16-11-7-8-12-23-16/h5-13,24H,4H2,1-3H3/b19-18+. The molecule has 6 heteroatoms. The molecule has 3 aromatic rings. The average Bonchev–Trinajstić information content (AvgIpc) is 2.70. The van der Waals surface area contributed by atoms with Gasteiger partial charge in [-0.2, -0.15) is 0 Å². The summed E-state index contributed by atoms with van der Waals surface area (Å²) in [5, 5.41) is 11.6. The summed E-state index contributed by atoms with van der Waals surface area (Å²) in [5.41, 5.74) is 0.0851. The van der Waals surface area contributed by atoms with Gasteiger partial charge in [0.2, 0.25) is 0 Å². The summed E-state index contributed by atoms with van der Waals surface area (Å²) in [7, 11) is 0. The van der Waals surface area contributed by atoms with Gasteiger partial charge in [0.25, 0.3) is 0 Å². The van der Waals surface area contributed by atoms with Crippen LogP contribution in [0.3, 0.4) is 0 Å². The summed E-state index contributed by atoms with van der Waals surface area (Å²) in [6.45, 7) is 5.35. The molecule has 0 aliphatic carbocycles. The largest absolute Gasteiger partial charge is 0.511 e. The maximum absolute atomic E-state index is 12.8. The molecule has 3 rings (SSSR count). The zero-order chi connectivity index (χ0) is 20.3. The molecule has 1 N–H and O–H groups in total. The van der Waals surface area contributed by atoms with Gasteiger partial charge >= 0.3 is 11.6 Å². The van der Waals surface area contributed by atoms with E-state index in [0.29, 0.717) is 22.0 Å². The number of aromatic nitrogens is 1. The molecule has 0 saturated carbocycles. The van der Waals surface area contributed by atoms with Gasteiger partial charge in [0.05, 0.1) is 12.0 Å². The number of benzene rings is 1. The number of allylic oxidation sites excluding steroid dienone is 1. The average molecular weight is 379 g/mol. The zero-order valence-electron chi connectivity index (χ0n) is 15.9. The minimum absolute atomic E-state index is 0.0301. The molecular weight excluding hydrogens is 358 g/mol. The van der Waals surface area contributed by atoms with Crippen LogP contribution in [-0.4, -0.2) is 22.7 Å². The highest BCUT2D eigenvalue weighted by molar-refractivity contribution is 6.22. The molecule has 2 heterocycles. The molecule has 2 aromatic heterocycles. The van der Waals surface area contributed by atoms with Crippen molar-refractivity contribution in [2.45, 2.75) is 20.8 Å². The van der Waals surface area contributed by atoms with Crippen LogP contribution in [0, 0.1) is 5.92 Å². The van der Waals surface area contributed by atoms with Gasteiger partial charge in [0.15, 0.2) is 5.76 Å². The highest BCUT2D eigenvalue weighted by Gasteiger charge is 2.28. The summed E-state index contributed by atoms with van der Waals surface area (Å²) >= 11 is 0. The summed E-state index contributed by atoms with van der Waals surface area (Å²) in [6, 6.07) is 11.9. The Kier molecular flexibility index (Phi) is 5.59. The van der Waals surface area contributed by atoms with Gasteiger partial charge in [-0.25, -0.2) is 9.59 Å². The van der Waals surface area contributed by atoms with E-state index >= 15 is 0 Å². The van der Waals surface area contributed by atoms with Crippen LogP contribution in [0.2, 0.25) is 0 Å². The Bertz CT molecular complexity index is 1100. The quantitative estimate of drug-likeness (QED) is 0.403. The number of hydrogen-bond acceptors (Lipinski definition) is 6. The van der Waals surface area contributed by atoms with Crippen LogP contribution in [0.25, 0.3) is 27.8 Å². The van der Waals surface area contributed by atoms with Crippen LogP contribution in [0.1, 0.15) is 26.3 Å². The van der Waals surface area contributed by atoms with Crippen LogP contribution >= 0.6 is 0 Å². The molecule has 0 spiro atoms. The van der Waals surface area contributed by atoms with E-state index in [0.717, 1.165) is 0 Å². The SMILES string of the molecule is CCOC(=O)/C(=C(/O)C(C)C)c1c(-c2ccccn2)oc(=O)c2ccccc12. The lowest BCUT2D eigenvalue weighted by atomic mass is 9.93. The summed E-state index contributed by atoms with van der Waals surface area (Å²) in [4.78, 5) is 29.6. The van der Waals surface area contributed by atoms with Crippen molar-refractivity contribution in [1.29, 1.82) is 0 Å². The van der Waals surface area contributed by atoms with Crippen LogP contribution in [0.5, 0.6) is 0 Å². The van der Waals surface area contributed by atoms with E-state index in [4.69, 9.17) is 9.15 Å². The first kappa shape index (κ1) is 19.4. The van der Waals surface area contributed by atoms with Gasteiger partial charge in [-0.3, -0.25) is 4.98 Å². The van der Waals surface area contributed by atoms with Crippen LogP contribution in [0.15, 0.2) is 63.6 Å². The molecule has 0 saturated heterocycles. The molecule has 28 heavy (non-hydrogen) atoms. The van der Waals surface area contributed by atoms with Crippen LogP contribution in [-0.2, 0) is 9.53 Å². The van der Waals surface area contributed by atoms with Crippen molar-refractivity contribution in [3.05, 3.63) is 70.4 Å². The Morgan fingerprint density at radius 1 is 1.14 bits per heavy atom. The zero-order valence-corrected chi connectivity index (χ0v) is 15.9. The van der Waals surface area contributed by atoms with Gasteiger partial charge < -0.3 is 14.3 Å². The Labute approximate surface area is 162 Å².